The number of aromatic nitrogens is 1. The summed E-state index contributed by atoms with van der Waals surface area (Å²) in [5, 5.41) is 6.58. The van der Waals surface area contributed by atoms with Crippen LogP contribution >= 0.6 is 11.8 Å². The summed E-state index contributed by atoms with van der Waals surface area (Å²) in [4.78, 5) is 9.96. The number of halogens is 1. The van der Waals surface area contributed by atoms with Crippen molar-refractivity contribution >= 4 is 17.7 Å². The molecule has 1 aromatic heterocycles. The highest BCUT2D eigenvalue weighted by atomic mass is 32.2. The van der Waals surface area contributed by atoms with Gasteiger partial charge in [0, 0.05) is 37.4 Å². The zero-order valence-corrected chi connectivity index (χ0v) is 17.8. The fourth-order valence-corrected chi connectivity index (χ4v) is 3.18. The summed E-state index contributed by atoms with van der Waals surface area (Å²) in [7, 11) is 1.64. The molecule has 0 aliphatic heterocycles. The van der Waals surface area contributed by atoms with Crippen molar-refractivity contribution in [1.29, 1.82) is 0 Å². The van der Waals surface area contributed by atoms with Gasteiger partial charge in [0.05, 0.1) is 13.2 Å². The quantitative estimate of drug-likeness (QED) is 0.237. The molecule has 0 atom stereocenters. The third-order valence-electron chi connectivity index (χ3n) is 3.79. The predicted octanol–water partition coefficient (Wildman–Crippen LogP) is 3.48. The molecule has 0 fully saturated rings. The molecule has 0 saturated carbocycles. The zero-order chi connectivity index (χ0) is 20.7. The highest BCUT2D eigenvalue weighted by molar-refractivity contribution is 7.99. The van der Waals surface area contributed by atoms with Crippen molar-refractivity contribution in [2.24, 2.45) is 4.99 Å². The minimum atomic E-state index is -0.203. The Morgan fingerprint density at radius 2 is 1.97 bits per heavy atom. The summed E-state index contributed by atoms with van der Waals surface area (Å²) in [5.74, 6) is 2.11. The van der Waals surface area contributed by atoms with Crippen LogP contribution in [0.25, 0.3) is 0 Å². The van der Waals surface area contributed by atoms with Crippen molar-refractivity contribution in [2.75, 3.05) is 39.2 Å². The van der Waals surface area contributed by atoms with Gasteiger partial charge in [0.1, 0.15) is 12.4 Å². The molecule has 1 heterocycles. The van der Waals surface area contributed by atoms with Crippen LogP contribution in [0.3, 0.4) is 0 Å². The predicted molar refractivity (Wildman–Crippen MR) is 116 cm³/mol. The smallest absolute Gasteiger partial charge is 0.213 e. The molecule has 158 valence electrons. The molecular formula is C21H29FN4O2S. The minimum absolute atomic E-state index is 0.203. The molecule has 29 heavy (non-hydrogen) atoms. The first kappa shape index (κ1) is 23.0. The van der Waals surface area contributed by atoms with Crippen LogP contribution in [0, 0.1) is 5.82 Å². The summed E-state index contributed by atoms with van der Waals surface area (Å²) >= 11 is 1.72. The normalized spacial score (nSPS) is 11.3. The van der Waals surface area contributed by atoms with E-state index < -0.39 is 0 Å². The van der Waals surface area contributed by atoms with E-state index in [0.717, 1.165) is 41.7 Å². The molecule has 0 unspecified atom stereocenters. The molecule has 8 heteroatoms. The number of ether oxygens (including phenoxy) is 2. The van der Waals surface area contributed by atoms with Gasteiger partial charge in [-0.2, -0.15) is 0 Å². The number of aliphatic imine (C=N–C) groups is 1. The average molecular weight is 421 g/mol. The highest BCUT2D eigenvalue weighted by Gasteiger charge is 2.00. The summed E-state index contributed by atoms with van der Waals surface area (Å²) in [5.41, 5.74) is 1.01. The van der Waals surface area contributed by atoms with Crippen molar-refractivity contribution in [2.45, 2.75) is 24.8 Å². The van der Waals surface area contributed by atoms with Crippen LogP contribution in [0.4, 0.5) is 4.39 Å². The van der Waals surface area contributed by atoms with Crippen molar-refractivity contribution < 1.29 is 13.9 Å². The van der Waals surface area contributed by atoms with Gasteiger partial charge in [-0.25, -0.2) is 14.4 Å². The van der Waals surface area contributed by atoms with Crippen molar-refractivity contribution in [1.82, 2.24) is 15.6 Å². The monoisotopic (exact) mass is 420 g/mol. The lowest BCUT2D eigenvalue weighted by Gasteiger charge is -2.11. The van der Waals surface area contributed by atoms with E-state index in [2.05, 4.69) is 20.6 Å². The largest absolute Gasteiger partial charge is 0.475 e. The molecule has 2 N–H and O–H groups in total. The summed E-state index contributed by atoms with van der Waals surface area (Å²) in [6.07, 6.45) is 2.75. The second-order valence-electron chi connectivity index (χ2n) is 6.12. The second-order valence-corrected chi connectivity index (χ2v) is 7.29. The van der Waals surface area contributed by atoms with Gasteiger partial charge in [-0.05, 0) is 48.9 Å². The van der Waals surface area contributed by atoms with E-state index in [-0.39, 0.29) is 5.82 Å². The van der Waals surface area contributed by atoms with Crippen LogP contribution in [0.5, 0.6) is 5.88 Å². The van der Waals surface area contributed by atoms with Gasteiger partial charge >= 0.3 is 0 Å². The highest BCUT2D eigenvalue weighted by Crippen LogP contribution is 2.18. The van der Waals surface area contributed by atoms with E-state index in [1.54, 1.807) is 37.2 Å². The molecule has 0 saturated heterocycles. The maximum atomic E-state index is 12.9. The fraction of sp³-hybridized carbons (Fsp3) is 0.429. The topological polar surface area (TPSA) is 67.8 Å². The second kappa shape index (κ2) is 13.8. The Bertz CT molecular complexity index is 726. The van der Waals surface area contributed by atoms with Crippen molar-refractivity contribution in [3.8, 4) is 5.88 Å². The van der Waals surface area contributed by atoms with Crippen molar-refractivity contribution in [3.63, 3.8) is 0 Å². The summed E-state index contributed by atoms with van der Waals surface area (Å²) in [6.45, 7) is 5.19. The molecule has 1 aromatic carbocycles. The standard InChI is InChI=1S/C21H29FN4O2S/c1-3-23-21(24-11-4-14-29-19-8-6-18(22)7-9-19)26-16-17-5-10-20(25-15-17)28-13-12-27-2/h5-10,15H,3-4,11-14,16H2,1-2H3,(H2,23,24,26). The summed E-state index contributed by atoms with van der Waals surface area (Å²) < 4.78 is 23.3. The molecule has 0 aliphatic rings. The van der Waals surface area contributed by atoms with Crippen LogP contribution in [0.2, 0.25) is 0 Å². The molecule has 0 bridgehead atoms. The van der Waals surface area contributed by atoms with Crippen molar-refractivity contribution in [3.05, 3.63) is 54.0 Å². The van der Waals surface area contributed by atoms with E-state index in [4.69, 9.17) is 9.47 Å². The molecule has 0 radical (unpaired) electrons. The third kappa shape index (κ3) is 9.62. The Balaban J connectivity index is 1.71. The number of methoxy groups -OCH3 is 1. The van der Waals surface area contributed by atoms with Crippen LogP contribution < -0.4 is 15.4 Å². The van der Waals surface area contributed by atoms with E-state index in [1.165, 1.54) is 12.1 Å². The average Bonchev–Trinajstić information content (AvgIpc) is 2.74. The van der Waals surface area contributed by atoms with Crippen LogP contribution in [0.15, 0.2) is 52.5 Å². The molecular weight excluding hydrogens is 391 g/mol. The Hall–Kier alpha value is -2.32. The Labute approximate surface area is 176 Å². The fourth-order valence-electron chi connectivity index (χ4n) is 2.33. The van der Waals surface area contributed by atoms with Gasteiger partial charge in [-0.3, -0.25) is 0 Å². The maximum Gasteiger partial charge on any atom is 0.213 e. The number of pyridine rings is 1. The number of hydrogen-bond acceptors (Lipinski definition) is 5. The Morgan fingerprint density at radius 1 is 1.14 bits per heavy atom. The van der Waals surface area contributed by atoms with Crippen LogP contribution in [-0.4, -0.2) is 50.1 Å². The van der Waals surface area contributed by atoms with Gasteiger partial charge in [0.2, 0.25) is 5.88 Å². The van der Waals surface area contributed by atoms with E-state index in [1.807, 2.05) is 19.1 Å². The minimum Gasteiger partial charge on any atom is -0.475 e. The van der Waals surface area contributed by atoms with Gasteiger partial charge in [0.15, 0.2) is 5.96 Å². The molecule has 0 amide bonds. The first-order valence-corrected chi connectivity index (χ1v) is 10.7. The Morgan fingerprint density at radius 3 is 2.66 bits per heavy atom. The molecule has 0 aliphatic carbocycles. The summed E-state index contributed by atoms with van der Waals surface area (Å²) in [6, 6.07) is 10.4. The Kier molecular flexibility index (Phi) is 10.9. The first-order valence-electron chi connectivity index (χ1n) is 9.68. The van der Waals surface area contributed by atoms with Crippen LogP contribution in [-0.2, 0) is 11.3 Å². The van der Waals surface area contributed by atoms with E-state index >= 15 is 0 Å². The zero-order valence-electron chi connectivity index (χ0n) is 17.0. The van der Waals surface area contributed by atoms with E-state index in [0.29, 0.717) is 25.6 Å². The SMILES string of the molecule is CCNC(=NCc1ccc(OCCOC)nc1)NCCCSc1ccc(F)cc1. The number of thioether (sulfide) groups is 1. The van der Waals surface area contributed by atoms with Gasteiger partial charge < -0.3 is 20.1 Å². The number of nitrogens with zero attached hydrogens (tertiary/aromatic N) is 2. The lowest BCUT2D eigenvalue weighted by atomic mass is 10.3. The lowest BCUT2D eigenvalue weighted by molar-refractivity contribution is 0.143. The van der Waals surface area contributed by atoms with Crippen LogP contribution in [0.1, 0.15) is 18.9 Å². The third-order valence-corrected chi connectivity index (χ3v) is 4.89. The lowest BCUT2D eigenvalue weighted by Crippen LogP contribution is -2.37. The number of nitrogens with one attached hydrogen (secondary N) is 2. The number of rotatable bonds is 12. The number of guanidine groups is 1. The van der Waals surface area contributed by atoms with E-state index in [9.17, 15) is 4.39 Å². The first-order chi connectivity index (χ1) is 14.2. The molecule has 2 aromatic rings. The molecule has 2 rings (SSSR count). The molecule has 6 nitrogen and oxygen atoms in total. The molecule has 0 spiro atoms. The van der Waals surface area contributed by atoms with Gasteiger partial charge in [0.25, 0.3) is 0 Å². The maximum absolute atomic E-state index is 12.9. The van der Waals surface area contributed by atoms with Gasteiger partial charge in [-0.15, -0.1) is 11.8 Å². The number of hydrogen-bond donors (Lipinski definition) is 2. The van der Waals surface area contributed by atoms with Gasteiger partial charge in [-0.1, -0.05) is 6.07 Å². The number of benzene rings is 1.